The van der Waals surface area contributed by atoms with Gasteiger partial charge in [0.2, 0.25) is 5.91 Å². The first kappa shape index (κ1) is 17.8. The van der Waals surface area contributed by atoms with Gasteiger partial charge < -0.3 is 19.6 Å². The topological polar surface area (TPSA) is 74.9 Å². The summed E-state index contributed by atoms with van der Waals surface area (Å²) in [4.78, 5) is 14.6. The molecular weight excluding hydrogens is 344 g/mol. The van der Waals surface area contributed by atoms with Crippen molar-refractivity contribution in [3.05, 3.63) is 36.4 Å². The van der Waals surface area contributed by atoms with E-state index in [1.165, 1.54) is 0 Å². The number of methoxy groups -OCH3 is 1. The van der Waals surface area contributed by atoms with Crippen molar-refractivity contribution in [1.29, 1.82) is 0 Å². The Morgan fingerprint density at radius 2 is 2.00 bits per heavy atom. The molecule has 0 bridgehead atoms. The quantitative estimate of drug-likeness (QED) is 0.723. The molecule has 1 fully saturated rings. The predicted octanol–water partition coefficient (Wildman–Crippen LogP) is 3.24. The minimum atomic E-state index is -0.0776. The highest BCUT2D eigenvalue weighted by molar-refractivity contribution is 6.07. The number of benzene rings is 2. The molecule has 1 aromatic heterocycles. The average molecular weight is 368 g/mol. The van der Waals surface area contributed by atoms with Gasteiger partial charge in [0.25, 0.3) is 0 Å². The third kappa shape index (κ3) is 3.63. The second kappa shape index (κ2) is 7.58. The normalized spacial score (nSPS) is 16.1. The van der Waals surface area contributed by atoms with Crippen LogP contribution in [0.5, 0.6) is 5.75 Å². The first-order chi connectivity index (χ1) is 13.2. The summed E-state index contributed by atoms with van der Waals surface area (Å²) in [5, 5.41) is 14.2. The molecule has 1 saturated heterocycles. The highest BCUT2D eigenvalue weighted by atomic mass is 16.5. The van der Waals surface area contributed by atoms with Crippen molar-refractivity contribution < 1.29 is 19.1 Å². The van der Waals surface area contributed by atoms with E-state index in [0.717, 1.165) is 47.9 Å². The van der Waals surface area contributed by atoms with E-state index < -0.39 is 0 Å². The van der Waals surface area contributed by atoms with E-state index in [1.54, 1.807) is 7.11 Å². The van der Waals surface area contributed by atoms with Crippen LogP contribution >= 0.6 is 0 Å². The standard InChI is InChI=1S/C21H24N2O4/c1-26-20-10-16-15-4-2-3-5-18(15)27-19(16)11-17(20)22-21(25)12-23-8-6-14(13-24)7-9-23/h2-5,10-11,14,24H,6-9,12-13H2,1H3,(H,22,25). The van der Waals surface area contributed by atoms with E-state index in [4.69, 9.17) is 9.15 Å². The lowest BCUT2D eigenvalue weighted by atomic mass is 9.98. The molecular formula is C21H24N2O4. The zero-order chi connectivity index (χ0) is 18.8. The van der Waals surface area contributed by atoms with Gasteiger partial charge in [0, 0.05) is 23.4 Å². The van der Waals surface area contributed by atoms with Crippen LogP contribution in [0.4, 0.5) is 5.69 Å². The first-order valence-electron chi connectivity index (χ1n) is 9.30. The van der Waals surface area contributed by atoms with Crippen LogP contribution in [0.3, 0.4) is 0 Å². The number of anilines is 1. The molecule has 2 aromatic carbocycles. The number of hydrogen-bond acceptors (Lipinski definition) is 5. The number of furan rings is 1. The number of hydrogen-bond donors (Lipinski definition) is 2. The van der Waals surface area contributed by atoms with Gasteiger partial charge in [0.05, 0.1) is 19.3 Å². The Morgan fingerprint density at radius 3 is 2.74 bits per heavy atom. The molecule has 0 spiro atoms. The molecule has 4 rings (SSSR count). The maximum absolute atomic E-state index is 12.5. The number of piperidine rings is 1. The van der Waals surface area contributed by atoms with Crippen LogP contribution in [-0.2, 0) is 4.79 Å². The molecule has 2 heterocycles. The van der Waals surface area contributed by atoms with Gasteiger partial charge in [-0.05, 0) is 44.0 Å². The van der Waals surface area contributed by atoms with Crippen LogP contribution in [0.15, 0.2) is 40.8 Å². The summed E-state index contributed by atoms with van der Waals surface area (Å²) in [6.07, 6.45) is 1.86. The fourth-order valence-electron chi connectivity index (χ4n) is 3.74. The number of nitrogens with one attached hydrogen (secondary N) is 1. The predicted molar refractivity (Wildman–Crippen MR) is 105 cm³/mol. The van der Waals surface area contributed by atoms with Crippen molar-refractivity contribution in [2.45, 2.75) is 12.8 Å². The summed E-state index contributed by atoms with van der Waals surface area (Å²) < 4.78 is 11.4. The number of aliphatic hydroxyl groups excluding tert-OH is 1. The second-order valence-corrected chi connectivity index (χ2v) is 7.10. The zero-order valence-electron chi connectivity index (χ0n) is 15.4. The summed E-state index contributed by atoms with van der Waals surface area (Å²) in [6.45, 7) is 2.23. The second-order valence-electron chi connectivity index (χ2n) is 7.10. The molecule has 27 heavy (non-hydrogen) atoms. The minimum Gasteiger partial charge on any atom is -0.495 e. The van der Waals surface area contributed by atoms with Gasteiger partial charge in [-0.15, -0.1) is 0 Å². The third-order valence-corrected chi connectivity index (χ3v) is 5.31. The lowest BCUT2D eigenvalue weighted by Crippen LogP contribution is -2.39. The highest BCUT2D eigenvalue weighted by Gasteiger charge is 2.21. The lowest BCUT2D eigenvalue weighted by Gasteiger charge is -2.30. The number of rotatable bonds is 5. The number of nitrogens with zero attached hydrogens (tertiary/aromatic N) is 1. The van der Waals surface area contributed by atoms with Gasteiger partial charge in [-0.2, -0.15) is 0 Å². The van der Waals surface area contributed by atoms with E-state index in [9.17, 15) is 9.90 Å². The number of fused-ring (bicyclic) bond motifs is 3. The maximum atomic E-state index is 12.5. The van der Waals surface area contributed by atoms with Crippen LogP contribution in [-0.4, -0.2) is 49.3 Å². The Hall–Kier alpha value is -2.57. The number of carbonyl (C=O) groups is 1. The Bertz CT molecular complexity index is 957. The van der Waals surface area contributed by atoms with Gasteiger partial charge >= 0.3 is 0 Å². The molecule has 142 valence electrons. The van der Waals surface area contributed by atoms with E-state index in [1.807, 2.05) is 36.4 Å². The lowest BCUT2D eigenvalue weighted by molar-refractivity contribution is -0.117. The van der Waals surface area contributed by atoms with E-state index in [-0.39, 0.29) is 12.5 Å². The molecule has 2 N–H and O–H groups in total. The first-order valence-corrected chi connectivity index (χ1v) is 9.30. The van der Waals surface area contributed by atoms with Crippen molar-refractivity contribution >= 4 is 33.5 Å². The van der Waals surface area contributed by atoms with Crippen molar-refractivity contribution in [3.63, 3.8) is 0 Å². The Kier molecular flexibility index (Phi) is 5.01. The highest BCUT2D eigenvalue weighted by Crippen LogP contribution is 2.36. The van der Waals surface area contributed by atoms with Crippen LogP contribution in [0.1, 0.15) is 12.8 Å². The summed E-state index contributed by atoms with van der Waals surface area (Å²) in [5.74, 6) is 0.896. The van der Waals surface area contributed by atoms with Gasteiger partial charge in [-0.25, -0.2) is 0 Å². The molecule has 1 amide bonds. The van der Waals surface area contributed by atoms with Crippen molar-refractivity contribution in [2.24, 2.45) is 5.92 Å². The molecule has 0 saturated carbocycles. The van der Waals surface area contributed by atoms with Crippen LogP contribution in [0.25, 0.3) is 21.9 Å². The molecule has 0 aliphatic carbocycles. The van der Waals surface area contributed by atoms with E-state index in [2.05, 4.69) is 10.2 Å². The summed E-state index contributed by atoms with van der Waals surface area (Å²) in [6, 6.07) is 11.6. The fraction of sp³-hybridized carbons (Fsp3) is 0.381. The van der Waals surface area contributed by atoms with E-state index in [0.29, 0.717) is 23.9 Å². The molecule has 0 radical (unpaired) electrons. The largest absolute Gasteiger partial charge is 0.495 e. The molecule has 0 unspecified atom stereocenters. The monoisotopic (exact) mass is 368 g/mol. The van der Waals surface area contributed by atoms with Gasteiger partial charge in [0.1, 0.15) is 16.9 Å². The molecule has 0 atom stereocenters. The van der Waals surface area contributed by atoms with Crippen molar-refractivity contribution in [1.82, 2.24) is 4.90 Å². The molecule has 1 aliphatic heterocycles. The molecule has 6 nitrogen and oxygen atoms in total. The van der Waals surface area contributed by atoms with Gasteiger partial charge in [-0.3, -0.25) is 9.69 Å². The van der Waals surface area contributed by atoms with Crippen LogP contribution in [0, 0.1) is 5.92 Å². The number of aliphatic hydroxyl groups is 1. The summed E-state index contributed by atoms with van der Waals surface area (Å²) in [7, 11) is 1.60. The van der Waals surface area contributed by atoms with Crippen molar-refractivity contribution in [3.8, 4) is 5.75 Å². The van der Waals surface area contributed by atoms with Crippen molar-refractivity contribution in [2.75, 3.05) is 38.7 Å². The Balaban J connectivity index is 1.52. The number of likely N-dealkylation sites (tertiary alicyclic amines) is 1. The number of amides is 1. The number of ether oxygens (including phenoxy) is 1. The maximum Gasteiger partial charge on any atom is 0.238 e. The SMILES string of the molecule is COc1cc2c(cc1NC(=O)CN1CCC(CO)CC1)oc1ccccc12. The number of carbonyl (C=O) groups excluding carboxylic acids is 1. The molecule has 6 heteroatoms. The Morgan fingerprint density at radius 1 is 1.22 bits per heavy atom. The zero-order valence-corrected chi connectivity index (χ0v) is 15.4. The van der Waals surface area contributed by atoms with Crippen LogP contribution < -0.4 is 10.1 Å². The molecule has 1 aliphatic rings. The molecule has 3 aromatic rings. The summed E-state index contributed by atoms with van der Waals surface area (Å²) in [5.41, 5.74) is 2.14. The Labute approximate surface area is 157 Å². The van der Waals surface area contributed by atoms with E-state index >= 15 is 0 Å². The van der Waals surface area contributed by atoms with Crippen LogP contribution in [0.2, 0.25) is 0 Å². The third-order valence-electron chi connectivity index (χ3n) is 5.31. The summed E-state index contributed by atoms with van der Waals surface area (Å²) >= 11 is 0. The average Bonchev–Trinajstić information content (AvgIpc) is 3.05. The smallest absolute Gasteiger partial charge is 0.238 e. The van der Waals surface area contributed by atoms with Gasteiger partial charge in [-0.1, -0.05) is 18.2 Å². The van der Waals surface area contributed by atoms with Gasteiger partial charge in [0.15, 0.2) is 0 Å². The minimum absolute atomic E-state index is 0.0776. The number of para-hydroxylation sites is 1. The fourth-order valence-corrected chi connectivity index (χ4v) is 3.74.